The number of rotatable bonds is 5. The Morgan fingerprint density at radius 3 is 3.00 bits per heavy atom. The van der Waals surface area contributed by atoms with Crippen LogP contribution in [0, 0.1) is 5.92 Å². The maximum absolute atomic E-state index is 12.0. The first-order valence-corrected chi connectivity index (χ1v) is 7.04. The van der Waals surface area contributed by atoms with Gasteiger partial charge in [0.15, 0.2) is 0 Å². The zero-order chi connectivity index (χ0) is 13.0. The van der Waals surface area contributed by atoms with Crippen LogP contribution in [0.3, 0.4) is 0 Å². The van der Waals surface area contributed by atoms with Gasteiger partial charge >= 0.3 is 0 Å². The highest BCUT2D eigenvalue weighted by molar-refractivity contribution is 9.10. The van der Waals surface area contributed by atoms with Gasteiger partial charge in [-0.25, -0.2) is 0 Å². The number of nitrogens with one attached hydrogen (secondary N) is 1. The van der Waals surface area contributed by atoms with Crippen LogP contribution in [0.15, 0.2) is 22.7 Å². The van der Waals surface area contributed by atoms with E-state index >= 15 is 0 Å². The Morgan fingerprint density at radius 1 is 1.44 bits per heavy atom. The molecule has 1 N–H and O–H groups in total. The molecular formula is C14H18BrNO2. The summed E-state index contributed by atoms with van der Waals surface area (Å²) in [5.41, 5.74) is 2.59. The maximum Gasteiger partial charge on any atom is 0.223 e. The third kappa shape index (κ3) is 3.33. The third-order valence-electron chi connectivity index (χ3n) is 3.30. The highest BCUT2D eigenvalue weighted by atomic mass is 79.9. The van der Waals surface area contributed by atoms with E-state index in [1.165, 1.54) is 11.1 Å². The van der Waals surface area contributed by atoms with Gasteiger partial charge in [0.2, 0.25) is 5.91 Å². The largest absolute Gasteiger partial charge is 0.385 e. The van der Waals surface area contributed by atoms with Crippen LogP contribution in [0.4, 0.5) is 0 Å². The summed E-state index contributed by atoms with van der Waals surface area (Å²) in [4.78, 5) is 12.0. The quantitative estimate of drug-likeness (QED) is 0.848. The monoisotopic (exact) mass is 311 g/mol. The lowest BCUT2D eigenvalue weighted by Crippen LogP contribution is -2.32. The van der Waals surface area contributed by atoms with Crippen LogP contribution in [0.2, 0.25) is 0 Å². The van der Waals surface area contributed by atoms with Crippen LogP contribution in [-0.4, -0.2) is 26.2 Å². The van der Waals surface area contributed by atoms with E-state index < -0.39 is 0 Å². The minimum Gasteiger partial charge on any atom is -0.385 e. The molecule has 0 radical (unpaired) electrons. The van der Waals surface area contributed by atoms with Crippen molar-refractivity contribution >= 4 is 21.8 Å². The molecule has 0 saturated heterocycles. The standard InChI is InChI=1S/C14H18BrNO2/c1-18-6-2-5-16-14(17)12-7-10-3-4-13(15)9-11(10)8-12/h3-4,9,12H,2,5-8H2,1H3,(H,16,17). The van der Waals surface area contributed by atoms with Crippen molar-refractivity contribution in [3.8, 4) is 0 Å². The molecule has 0 saturated carbocycles. The highest BCUT2D eigenvalue weighted by Gasteiger charge is 2.26. The van der Waals surface area contributed by atoms with Crippen molar-refractivity contribution in [1.29, 1.82) is 0 Å². The second-order valence-corrected chi connectivity index (χ2v) is 5.57. The SMILES string of the molecule is COCCCNC(=O)C1Cc2ccc(Br)cc2C1. The average molecular weight is 312 g/mol. The molecule has 3 nitrogen and oxygen atoms in total. The van der Waals surface area contributed by atoms with Gasteiger partial charge in [-0.2, -0.15) is 0 Å². The van der Waals surface area contributed by atoms with Crippen molar-refractivity contribution in [3.63, 3.8) is 0 Å². The number of ether oxygens (including phenoxy) is 1. The molecule has 0 aliphatic heterocycles. The minimum atomic E-state index is 0.0943. The summed E-state index contributed by atoms with van der Waals surface area (Å²) in [5.74, 6) is 0.260. The van der Waals surface area contributed by atoms with E-state index in [2.05, 4.69) is 33.4 Å². The fraction of sp³-hybridized carbons (Fsp3) is 0.500. The van der Waals surface area contributed by atoms with Gasteiger partial charge in [-0.1, -0.05) is 22.0 Å². The summed E-state index contributed by atoms with van der Waals surface area (Å²) >= 11 is 3.47. The Morgan fingerprint density at radius 2 is 2.22 bits per heavy atom. The van der Waals surface area contributed by atoms with Gasteiger partial charge in [0.05, 0.1) is 0 Å². The first kappa shape index (κ1) is 13.6. The molecule has 0 aromatic heterocycles. The molecule has 0 spiro atoms. The number of carbonyl (C=O) groups is 1. The van der Waals surface area contributed by atoms with E-state index in [9.17, 15) is 4.79 Å². The van der Waals surface area contributed by atoms with Gasteiger partial charge in [0.25, 0.3) is 0 Å². The van der Waals surface area contributed by atoms with E-state index in [4.69, 9.17) is 4.74 Å². The first-order chi connectivity index (χ1) is 8.70. The van der Waals surface area contributed by atoms with E-state index in [0.717, 1.165) is 23.7 Å². The maximum atomic E-state index is 12.0. The van der Waals surface area contributed by atoms with Gasteiger partial charge < -0.3 is 10.1 Å². The molecule has 1 amide bonds. The van der Waals surface area contributed by atoms with Gasteiger partial charge in [0.1, 0.15) is 0 Å². The summed E-state index contributed by atoms with van der Waals surface area (Å²) in [6.07, 6.45) is 2.58. The smallest absolute Gasteiger partial charge is 0.223 e. The van der Waals surface area contributed by atoms with Crippen LogP contribution >= 0.6 is 15.9 Å². The number of halogens is 1. The number of hydrogen-bond donors (Lipinski definition) is 1. The van der Waals surface area contributed by atoms with Crippen LogP contribution in [0.5, 0.6) is 0 Å². The molecule has 98 valence electrons. The molecule has 2 rings (SSSR count). The van der Waals surface area contributed by atoms with Crippen molar-refractivity contribution in [1.82, 2.24) is 5.32 Å². The molecule has 1 aliphatic carbocycles. The van der Waals surface area contributed by atoms with E-state index in [1.807, 2.05) is 6.07 Å². The molecule has 18 heavy (non-hydrogen) atoms. The van der Waals surface area contributed by atoms with Gasteiger partial charge in [-0.15, -0.1) is 0 Å². The Bertz CT molecular complexity index is 434. The van der Waals surface area contributed by atoms with Crippen LogP contribution in [0.1, 0.15) is 17.5 Å². The minimum absolute atomic E-state index is 0.0943. The van der Waals surface area contributed by atoms with Crippen LogP contribution < -0.4 is 5.32 Å². The Labute approximate surface area is 116 Å². The van der Waals surface area contributed by atoms with Crippen LogP contribution in [0.25, 0.3) is 0 Å². The lowest BCUT2D eigenvalue weighted by molar-refractivity contribution is -0.124. The van der Waals surface area contributed by atoms with Crippen molar-refractivity contribution in [2.75, 3.05) is 20.3 Å². The number of amides is 1. The molecule has 4 heteroatoms. The molecule has 1 aromatic rings. The number of hydrogen-bond acceptors (Lipinski definition) is 2. The number of carbonyl (C=O) groups excluding carboxylic acids is 1. The van der Waals surface area contributed by atoms with E-state index in [1.54, 1.807) is 7.11 Å². The number of benzene rings is 1. The lowest BCUT2D eigenvalue weighted by atomic mass is 10.1. The summed E-state index contributed by atoms with van der Waals surface area (Å²) in [6, 6.07) is 6.27. The van der Waals surface area contributed by atoms with Crippen molar-refractivity contribution < 1.29 is 9.53 Å². The molecule has 0 heterocycles. The van der Waals surface area contributed by atoms with Gasteiger partial charge in [-0.05, 0) is 42.5 Å². The molecule has 0 bridgehead atoms. The predicted octanol–water partition coefficient (Wildman–Crippen LogP) is 2.32. The van der Waals surface area contributed by atoms with Crippen molar-refractivity contribution in [2.45, 2.75) is 19.3 Å². The fourth-order valence-corrected chi connectivity index (χ4v) is 2.75. The first-order valence-electron chi connectivity index (χ1n) is 6.24. The molecule has 1 atom stereocenters. The molecular weight excluding hydrogens is 294 g/mol. The molecule has 1 aromatic carbocycles. The van der Waals surface area contributed by atoms with Gasteiger partial charge in [-0.3, -0.25) is 4.79 Å². The molecule has 1 unspecified atom stereocenters. The summed E-state index contributed by atoms with van der Waals surface area (Å²) in [6.45, 7) is 1.39. The number of methoxy groups -OCH3 is 1. The lowest BCUT2D eigenvalue weighted by Gasteiger charge is -2.09. The predicted molar refractivity (Wildman–Crippen MR) is 74.5 cm³/mol. The van der Waals surface area contributed by atoms with Crippen LogP contribution in [-0.2, 0) is 22.4 Å². The van der Waals surface area contributed by atoms with E-state index in [0.29, 0.717) is 13.2 Å². The normalized spacial score (nSPS) is 17.6. The average Bonchev–Trinajstić information content (AvgIpc) is 2.77. The van der Waals surface area contributed by atoms with E-state index in [-0.39, 0.29) is 11.8 Å². The second kappa shape index (κ2) is 6.34. The molecule has 1 aliphatic rings. The highest BCUT2D eigenvalue weighted by Crippen LogP contribution is 2.29. The Hall–Kier alpha value is -0.870. The third-order valence-corrected chi connectivity index (χ3v) is 3.79. The summed E-state index contributed by atoms with van der Waals surface area (Å²) in [7, 11) is 1.67. The number of fused-ring (bicyclic) bond motifs is 1. The molecule has 0 fully saturated rings. The topological polar surface area (TPSA) is 38.3 Å². The van der Waals surface area contributed by atoms with Gasteiger partial charge in [0, 0.05) is 30.7 Å². The van der Waals surface area contributed by atoms with Crippen molar-refractivity contribution in [3.05, 3.63) is 33.8 Å². The zero-order valence-electron chi connectivity index (χ0n) is 10.5. The van der Waals surface area contributed by atoms with Crippen molar-refractivity contribution in [2.24, 2.45) is 5.92 Å². The summed E-state index contributed by atoms with van der Waals surface area (Å²) in [5, 5.41) is 2.98. The fourth-order valence-electron chi connectivity index (χ4n) is 2.34. The Kier molecular flexibility index (Phi) is 4.78. The second-order valence-electron chi connectivity index (χ2n) is 4.66. The summed E-state index contributed by atoms with van der Waals surface area (Å²) < 4.78 is 6.04. The Balaban J connectivity index is 1.84. The zero-order valence-corrected chi connectivity index (χ0v) is 12.1.